The van der Waals surface area contributed by atoms with E-state index in [2.05, 4.69) is 30.4 Å². The summed E-state index contributed by atoms with van der Waals surface area (Å²) in [5, 5.41) is 3.40. The van der Waals surface area contributed by atoms with E-state index in [4.69, 9.17) is 0 Å². The molecule has 0 aromatic carbocycles. The zero-order valence-electron chi connectivity index (χ0n) is 17.0. The molecule has 0 saturated carbocycles. The number of rotatable bonds is 20. The summed E-state index contributed by atoms with van der Waals surface area (Å²) in [4.78, 5) is 4.50. The standard InChI is InChI=1S/C22H46N2/c1-3-5-6-7-8-9-10-11-12-13-14-15-16-17-20-24-22-18-21-23-19-4-2/h22-23H,3-21H2,1-2H3. The van der Waals surface area contributed by atoms with Gasteiger partial charge in [-0.25, -0.2) is 0 Å². The summed E-state index contributed by atoms with van der Waals surface area (Å²) in [5.41, 5.74) is 0. The maximum absolute atomic E-state index is 4.50. The second kappa shape index (κ2) is 22.6. The third-order valence-corrected chi connectivity index (χ3v) is 4.65. The van der Waals surface area contributed by atoms with Crippen molar-refractivity contribution in [1.82, 2.24) is 5.32 Å². The second-order valence-corrected chi connectivity index (χ2v) is 7.22. The van der Waals surface area contributed by atoms with E-state index in [0.717, 1.165) is 26.1 Å². The van der Waals surface area contributed by atoms with E-state index in [0.29, 0.717) is 0 Å². The molecule has 0 bridgehead atoms. The van der Waals surface area contributed by atoms with Crippen LogP contribution in [0.1, 0.15) is 117 Å². The monoisotopic (exact) mass is 338 g/mol. The second-order valence-electron chi connectivity index (χ2n) is 7.22. The van der Waals surface area contributed by atoms with Gasteiger partial charge in [0.2, 0.25) is 0 Å². The molecule has 0 saturated heterocycles. The van der Waals surface area contributed by atoms with Gasteiger partial charge < -0.3 is 5.32 Å². The fraction of sp³-hybridized carbons (Fsp3) is 0.955. The molecule has 0 fully saturated rings. The van der Waals surface area contributed by atoms with Crippen LogP contribution >= 0.6 is 0 Å². The highest BCUT2D eigenvalue weighted by atomic mass is 14.8. The van der Waals surface area contributed by atoms with Crippen molar-refractivity contribution in [2.45, 2.75) is 117 Å². The number of aliphatic imine (C=N–C) groups is 1. The minimum Gasteiger partial charge on any atom is -0.316 e. The fourth-order valence-corrected chi connectivity index (χ4v) is 3.05. The lowest BCUT2D eigenvalue weighted by Crippen LogP contribution is -2.16. The topological polar surface area (TPSA) is 24.4 Å². The Morgan fingerprint density at radius 1 is 0.583 bits per heavy atom. The van der Waals surface area contributed by atoms with Crippen LogP contribution in [0.2, 0.25) is 0 Å². The van der Waals surface area contributed by atoms with Crippen LogP contribution in [-0.4, -0.2) is 25.8 Å². The van der Waals surface area contributed by atoms with Gasteiger partial charge in [-0.05, 0) is 32.0 Å². The van der Waals surface area contributed by atoms with Gasteiger partial charge in [0.15, 0.2) is 0 Å². The van der Waals surface area contributed by atoms with Gasteiger partial charge in [0.05, 0.1) is 0 Å². The highest BCUT2D eigenvalue weighted by Gasteiger charge is 1.93. The van der Waals surface area contributed by atoms with E-state index in [1.165, 1.54) is 96.3 Å². The molecule has 0 aromatic heterocycles. The molecule has 144 valence electrons. The van der Waals surface area contributed by atoms with E-state index in [-0.39, 0.29) is 0 Å². The quantitative estimate of drug-likeness (QED) is 0.189. The average Bonchev–Trinajstić information content (AvgIpc) is 2.60. The molecule has 0 atom stereocenters. The first-order valence-corrected chi connectivity index (χ1v) is 11.1. The predicted octanol–water partition coefficient (Wildman–Crippen LogP) is 6.93. The van der Waals surface area contributed by atoms with Crippen molar-refractivity contribution in [3.05, 3.63) is 0 Å². The molecule has 24 heavy (non-hydrogen) atoms. The van der Waals surface area contributed by atoms with Crippen LogP contribution in [0.15, 0.2) is 4.99 Å². The van der Waals surface area contributed by atoms with Gasteiger partial charge in [-0.1, -0.05) is 97.3 Å². The zero-order chi connectivity index (χ0) is 17.6. The lowest BCUT2D eigenvalue weighted by molar-refractivity contribution is 0.536. The van der Waals surface area contributed by atoms with Crippen LogP contribution < -0.4 is 5.32 Å². The first kappa shape index (κ1) is 23.6. The van der Waals surface area contributed by atoms with Gasteiger partial charge in [0.25, 0.3) is 0 Å². The Bertz CT molecular complexity index is 238. The smallest absolute Gasteiger partial charge is 0.0385 e. The molecule has 1 N–H and O–H groups in total. The molecule has 0 rings (SSSR count). The maximum Gasteiger partial charge on any atom is 0.0385 e. The number of hydrogen-bond donors (Lipinski definition) is 1. The van der Waals surface area contributed by atoms with E-state index in [9.17, 15) is 0 Å². The first-order chi connectivity index (χ1) is 11.9. The van der Waals surface area contributed by atoms with Gasteiger partial charge in [-0.2, -0.15) is 0 Å². The summed E-state index contributed by atoms with van der Waals surface area (Å²) in [7, 11) is 0. The normalized spacial score (nSPS) is 11.6. The van der Waals surface area contributed by atoms with Crippen molar-refractivity contribution in [1.29, 1.82) is 0 Å². The van der Waals surface area contributed by atoms with E-state index >= 15 is 0 Å². The van der Waals surface area contributed by atoms with Gasteiger partial charge in [0, 0.05) is 13.1 Å². The molecule has 0 aliphatic rings. The van der Waals surface area contributed by atoms with Crippen molar-refractivity contribution in [2.75, 3.05) is 19.6 Å². The minimum atomic E-state index is 1.03. The van der Waals surface area contributed by atoms with Crippen molar-refractivity contribution < 1.29 is 0 Å². The molecule has 0 aliphatic heterocycles. The van der Waals surface area contributed by atoms with Crippen LogP contribution in [0.25, 0.3) is 0 Å². The predicted molar refractivity (Wildman–Crippen MR) is 111 cm³/mol. The molecule has 0 heterocycles. The largest absolute Gasteiger partial charge is 0.316 e. The van der Waals surface area contributed by atoms with Crippen molar-refractivity contribution in [2.24, 2.45) is 4.99 Å². The summed E-state index contributed by atoms with van der Waals surface area (Å²) in [6.45, 7) is 7.74. The molecular formula is C22H46N2. The van der Waals surface area contributed by atoms with Crippen molar-refractivity contribution in [3.63, 3.8) is 0 Å². The SMILES string of the molecule is CCCCCCCCCCCCCCCCN=CCCNCCC. The molecule has 0 spiro atoms. The lowest BCUT2D eigenvalue weighted by atomic mass is 10.0. The van der Waals surface area contributed by atoms with Crippen LogP contribution in [0.5, 0.6) is 0 Å². The Morgan fingerprint density at radius 3 is 1.58 bits per heavy atom. The third-order valence-electron chi connectivity index (χ3n) is 4.65. The number of hydrogen-bond acceptors (Lipinski definition) is 2. The Morgan fingerprint density at radius 2 is 1.08 bits per heavy atom. The number of nitrogens with zero attached hydrogens (tertiary/aromatic N) is 1. The van der Waals surface area contributed by atoms with Crippen molar-refractivity contribution >= 4 is 6.21 Å². The van der Waals surface area contributed by atoms with Gasteiger partial charge in [-0.15, -0.1) is 0 Å². The summed E-state index contributed by atoms with van der Waals surface area (Å²) in [6.07, 6.45) is 24.4. The molecule has 0 unspecified atom stereocenters. The maximum atomic E-state index is 4.50. The third kappa shape index (κ3) is 21.6. The number of unbranched alkanes of at least 4 members (excludes halogenated alkanes) is 13. The first-order valence-electron chi connectivity index (χ1n) is 11.1. The fourth-order valence-electron chi connectivity index (χ4n) is 3.05. The van der Waals surface area contributed by atoms with E-state index in [1.54, 1.807) is 0 Å². The Balaban J connectivity index is 3.01. The average molecular weight is 339 g/mol. The van der Waals surface area contributed by atoms with Crippen LogP contribution in [0.4, 0.5) is 0 Å². The van der Waals surface area contributed by atoms with Crippen LogP contribution in [0.3, 0.4) is 0 Å². The highest BCUT2D eigenvalue weighted by Crippen LogP contribution is 2.12. The zero-order valence-corrected chi connectivity index (χ0v) is 17.0. The van der Waals surface area contributed by atoms with Crippen molar-refractivity contribution in [3.8, 4) is 0 Å². The van der Waals surface area contributed by atoms with Gasteiger partial charge >= 0.3 is 0 Å². The number of nitrogens with one attached hydrogen (secondary N) is 1. The lowest BCUT2D eigenvalue weighted by Gasteiger charge is -2.02. The molecule has 0 radical (unpaired) electrons. The van der Waals surface area contributed by atoms with Crippen LogP contribution in [-0.2, 0) is 0 Å². The molecule has 2 heteroatoms. The van der Waals surface area contributed by atoms with Crippen LogP contribution in [0, 0.1) is 0 Å². The molecule has 2 nitrogen and oxygen atoms in total. The summed E-state index contributed by atoms with van der Waals surface area (Å²) >= 11 is 0. The Kier molecular flexibility index (Phi) is 22.3. The van der Waals surface area contributed by atoms with E-state index in [1.807, 2.05) is 0 Å². The van der Waals surface area contributed by atoms with E-state index < -0.39 is 0 Å². The summed E-state index contributed by atoms with van der Waals surface area (Å²) in [6, 6.07) is 0. The Labute approximate surface area is 153 Å². The summed E-state index contributed by atoms with van der Waals surface area (Å²) < 4.78 is 0. The molecule has 0 aliphatic carbocycles. The minimum absolute atomic E-state index is 1.03. The highest BCUT2D eigenvalue weighted by molar-refractivity contribution is 5.57. The van der Waals surface area contributed by atoms with Gasteiger partial charge in [0.1, 0.15) is 0 Å². The Hall–Kier alpha value is -0.370. The summed E-state index contributed by atoms with van der Waals surface area (Å²) in [5.74, 6) is 0. The van der Waals surface area contributed by atoms with Gasteiger partial charge in [-0.3, -0.25) is 4.99 Å². The molecular weight excluding hydrogens is 292 g/mol. The molecule has 0 aromatic rings. The molecule has 0 amide bonds.